The maximum absolute atomic E-state index is 12.0. The zero-order valence-corrected chi connectivity index (χ0v) is 15.1. The van der Waals surface area contributed by atoms with Gasteiger partial charge in [-0.25, -0.2) is 19.7 Å². The fourth-order valence-electron chi connectivity index (χ4n) is 2.19. The number of aryl methyl sites for hydroxylation is 2. The molecule has 26 heavy (non-hydrogen) atoms. The predicted molar refractivity (Wildman–Crippen MR) is 101 cm³/mol. The second kappa shape index (κ2) is 7.92. The van der Waals surface area contributed by atoms with Gasteiger partial charge in [0.15, 0.2) is 0 Å². The first-order valence-electron chi connectivity index (χ1n) is 7.91. The van der Waals surface area contributed by atoms with Crippen molar-refractivity contribution in [2.45, 2.75) is 18.9 Å². The minimum Gasteiger partial charge on any atom is -0.292 e. The van der Waals surface area contributed by atoms with Crippen LogP contribution in [0.3, 0.4) is 0 Å². The van der Waals surface area contributed by atoms with E-state index < -0.39 is 11.9 Å². The summed E-state index contributed by atoms with van der Waals surface area (Å²) in [4.78, 5) is 36.9. The van der Waals surface area contributed by atoms with Gasteiger partial charge in [-0.15, -0.1) is 0 Å². The monoisotopic (exact) mass is 367 g/mol. The number of imide groups is 1. The lowest BCUT2D eigenvalue weighted by Gasteiger charge is -2.07. The highest BCUT2D eigenvalue weighted by atomic mass is 32.2. The molecular formula is C18H17N5O2S. The molecule has 3 amide bonds. The van der Waals surface area contributed by atoms with Gasteiger partial charge in [0, 0.05) is 6.20 Å². The lowest BCUT2D eigenvalue weighted by atomic mass is 10.3. The van der Waals surface area contributed by atoms with Crippen LogP contribution in [0.1, 0.15) is 11.3 Å². The highest BCUT2D eigenvalue weighted by Crippen LogP contribution is 2.21. The van der Waals surface area contributed by atoms with Crippen molar-refractivity contribution in [2.75, 3.05) is 11.1 Å². The van der Waals surface area contributed by atoms with E-state index in [1.54, 1.807) is 12.3 Å². The predicted octanol–water partition coefficient (Wildman–Crippen LogP) is 3.08. The van der Waals surface area contributed by atoms with Crippen LogP contribution in [-0.2, 0) is 4.79 Å². The second-order valence-electron chi connectivity index (χ2n) is 5.61. The topological polar surface area (TPSA) is 96.9 Å². The van der Waals surface area contributed by atoms with E-state index in [4.69, 9.17) is 0 Å². The minimum atomic E-state index is -0.617. The van der Waals surface area contributed by atoms with E-state index in [9.17, 15) is 9.59 Å². The highest BCUT2D eigenvalue weighted by molar-refractivity contribution is 7.99. The maximum atomic E-state index is 12.0. The molecule has 0 unspecified atom stereocenters. The van der Waals surface area contributed by atoms with Crippen LogP contribution in [0, 0.1) is 13.8 Å². The summed E-state index contributed by atoms with van der Waals surface area (Å²) in [5.74, 6) is 0.0153. The van der Waals surface area contributed by atoms with Crippen LogP contribution < -0.4 is 10.6 Å². The van der Waals surface area contributed by atoms with Gasteiger partial charge in [-0.3, -0.25) is 15.4 Å². The van der Waals surface area contributed by atoms with Crippen LogP contribution in [0.25, 0.3) is 11.0 Å². The number of amides is 3. The number of para-hydroxylation sites is 2. The number of nitrogens with one attached hydrogen (secondary N) is 2. The first-order chi connectivity index (χ1) is 12.5. The number of fused-ring (bicyclic) bond motifs is 1. The molecule has 0 aliphatic heterocycles. The van der Waals surface area contributed by atoms with Crippen molar-refractivity contribution in [3.05, 3.63) is 53.9 Å². The third-order valence-electron chi connectivity index (χ3n) is 3.45. The number of hydrogen-bond acceptors (Lipinski definition) is 6. The summed E-state index contributed by atoms with van der Waals surface area (Å²) in [6.45, 7) is 3.74. The molecule has 1 aromatic carbocycles. The van der Waals surface area contributed by atoms with E-state index in [1.807, 2.05) is 44.2 Å². The molecule has 7 nitrogen and oxygen atoms in total. The van der Waals surface area contributed by atoms with Crippen molar-refractivity contribution in [3.63, 3.8) is 0 Å². The number of thioether (sulfide) groups is 1. The number of carbonyl (C=O) groups excluding carboxylic acids is 2. The van der Waals surface area contributed by atoms with Crippen molar-refractivity contribution in [2.24, 2.45) is 0 Å². The Balaban J connectivity index is 1.56. The van der Waals surface area contributed by atoms with E-state index in [0.29, 0.717) is 10.8 Å². The standard InChI is InChI=1S/C18H17N5O2S/c1-11-7-8-15(19-9-11)22-18(25)23-16(24)10-26-17-12(2)20-13-5-3-4-6-14(13)21-17/h3-9H,10H2,1-2H3,(H2,19,22,23,24,25). The zero-order chi connectivity index (χ0) is 18.5. The molecular weight excluding hydrogens is 350 g/mol. The van der Waals surface area contributed by atoms with Crippen molar-refractivity contribution in [3.8, 4) is 0 Å². The summed E-state index contributed by atoms with van der Waals surface area (Å²) >= 11 is 1.24. The number of nitrogens with zero attached hydrogens (tertiary/aromatic N) is 3. The molecule has 3 aromatic rings. The highest BCUT2D eigenvalue weighted by Gasteiger charge is 2.12. The number of hydrogen-bond donors (Lipinski definition) is 2. The van der Waals surface area contributed by atoms with Gasteiger partial charge in [0.2, 0.25) is 5.91 Å². The molecule has 3 rings (SSSR count). The Labute approximate surface area is 154 Å². The van der Waals surface area contributed by atoms with Crippen LogP contribution in [0.5, 0.6) is 0 Å². The van der Waals surface area contributed by atoms with Crippen molar-refractivity contribution < 1.29 is 9.59 Å². The Bertz CT molecular complexity index is 959. The van der Waals surface area contributed by atoms with Crippen molar-refractivity contribution in [1.29, 1.82) is 0 Å². The van der Waals surface area contributed by atoms with E-state index in [-0.39, 0.29) is 5.75 Å². The van der Waals surface area contributed by atoms with Crippen molar-refractivity contribution in [1.82, 2.24) is 20.3 Å². The van der Waals surface area contributed by atoms with Crippen molar-refractivity contribution >= 4 is 40.6 Å². The second-order valence-corrected chi connectivity index (χ2v) is 6.58. The summed E-state index contributed by atoms with van der Waals surface area (Å²) in [5, 5.41) is 5.45. The third kappa shape index (κ3) is 4.54. The number of urea groups is 1. The van der Waals surface area contributed by atoms with Crippen LogP contribution in [0.15, 0.2) is 47.6 Å². The first-order valence-corrected chi connectivity index (χ1v) is 8.89. The molecule has 0 saturated carbocycles. The Morgan fingerprint density at radius 3 is 2.46 bits per heavy atom. The Morgan fingerprint density at radius 1 is 1.04 bits per heavy atom. The summed E-state index contributed by atoms with van der Waals surface area (Å²) in [5.41, 5.74) is 3.30. The van der Waals surface area contributed by atoms with Gasteiger partial charge in [-0.05, 0) is 37.6 Å². The van der Waals surface area contributed by atoms with Gasteiger partial charge >= 0.3 is 6.03 Å². The molecule has 2 N–H and O–H groups in total. The number of carbonyl (C=O) groups is 2. The van der Waals surface area contributed by atoms with E-state index in [1.165, 1.54) is 11.8 Å². The fourth-order valence-corrected chi connectivity index (χ4v) is 2.95. The Kier molecular flexibility index (Phi) is 5.43. The van der Waals surface area contributed by atoms with Crippen LogP contribution in [0.4, 0.5) is 10.6 Å². The zero-order valence-electron chi connectivity index (χ0n) is 14.3. The smallest absolute Gasteiger partial charge is 0.292 e. The SMILES string of the molecule is Cc1ccc(NC(=O)NC(=O)CSc2nc3ccccc3nc2C)nc1. The van der Waals surface area contributed by atoms with Gasteiger partial charge in [0.05, 0.1) is 22.5 Å². The number of anilines is 1. The van der Waals surface area contributed by atoms with Gasteiger partial charge in [0.1, 0.15) is 10.8 Å². The summed E-state index contributed by atoms with van der Waals surface area (Å²) < 4.78 is 0. The maximum Gasteiger partial charge on any atom is 0.327 e. The fraction of sp³-hybridized carbons (Fsp3) is 0.167. The number of aromatic nitrogens is 3. The quantitative estimate of drug-likeness (QED) is 0.688. The number of benzene rings is 1. The normalized spacial score (nSPS) is 10.5. The van der Waals surface area contributed by atoms with Crippen LogP contribution >= 0.6 is 11.8 Å². The van der Waals surface area contributed by atoms with Gasteiger partial charge in [-0.1, -0.05) is 30.0 Å². The molecule has 8 heteroatoms. The summed E-state index contributed by atoms with van der Waals surface area (Å²) in [7, 11) is 0. The number of rotatable bonds is 4. The summed E-state index contributed by atoms with van der Waals surface area (Å²) in [6.07, 6.45) is 1.63. The van der Waals surface area contributed by atoms with Gasteiger partial charge < -0.3 is 0 Å². The van der Waals surface area contributed by atoms with Crippen LogP contribution in [0.2, 0.25) is 0 Å². The molecule has 2 aromatic heterocycles. The third-order valence-corrected chi connectivity index (χ3v) is 4.51. The van der Waals surface area contributed by atoms with Crippen LogP contribution in [-0.4, -0.2) is 32.6 Å². The molecule has 132 valence electrons. The largest absolute Gasteiger partial charge is 0.327 e. The average Bonchev–Trinajstić information content (AvgIpc) is 2.62. The lowest BCUT2D eigenvalue weighted by molar-refractivity contribution is -0.117. The minimum absolute atomic E-state index is 0.0581. The molecule has 0 aliphatic carbocycles. The van der Waals surface area contributed by atoms with Gasteiger partial charge in [0.25, 0.3) is 0 Å². The van der Waals surface area contributed by atoms with E-state index in [0.717, 1.165) is 22.3 Å². The molecule has 0 saturated heterocycles. The first kappa shape index (κ1) is 17.8. The molecule has 0 aliphatic rings. The average molecular weight is 367 g/mol. The van der Waals surface area contributed by atoms with Gasteiger partial charge in [-0.2, -0.15) is 0 Å². The van der Waals surface area contributed by atoms with E-state index >= 15 is 0 Å². The summed E-state index contributed by atoms with van der Waals surface area (Å²) in [6, 6.07) is 10.4. The molecule has 0 fully saturated rings. The molecule has 0 atom stereocenters. The Morgan fingerprint density at radius 2 is 1.77 bits per heavy atom. The lowest BCUT2D eigenvalue weighted by Crippen LogP contribution is -2.35. The molecule has 0 bridgehead atoms. The molecule has 0 radical (unpaired) electrons. The Hall–Kier alpha value is -3.00. The molecule has 2 heterocycles. The number of pyridine rings is 1. The molecule has 0 spiro atoms. The van der Waals surface area contributed by atoms with E-state index in [2.05, 4.69) is 25.6 Å².